The van der Waals surface area contributed by atoms with Crippen molar-refractivity contribution in [1.29, 1.82) is 0 Å². The third kappa shape index (κ3) is 2.60. The molecule has 0 atom stereocenters. The van der Waals surface area contributed by atoms with Gasteiger partial charge in [-0.25, -0.2) is 0 Å². The third-order valence-corrected chi connectivity index (χ3v) is 5.03. The molecule has 0 aliphatic rings. The summed E-state index contributed by atoms with van der Waals surface area (Å²) in [7, 11) is 0. The van der Waals surface area contributed by atoms with E-state index < -0.39 is 0 Å². The van der Waals surface area contributed by atoms with E-state index in [4.69, 9.17) is 20.4 Å². The van der Waals surface area contributed by atoms with E-state index in [0.717, 1.165) is 37.6 Å². The van der Waals surface area contributed by atoms with Crippen molar-refractivity contribution in [2.75, 3.05) is 6.26 Å². The molecule has 4 nitrogen and oxygen atoms in total. The second-order valence-electron chi connectivity index (χ2n) is 5.34. The van der Waals surface area contributed by atoms with Crippen LogP contribution >= 0.6 is 23.4 Å². The first kappa shape index (κ1) is 15.3. The summed E-state index contributed by atoms with van der Waals surface area (Å²) in [4.78, 5) is 1.05. The molecule has 0 aliphatic carbocycles. The van der Waals surface area contributed by atoms with Crippen molar-refractivity contribution >= 4 is 34.3 Å². The summed E-state index contributed by atoms with van der Waals surface area (Å²) in [6, 6.07) is 11.8. The number of thioether (sulfide) groups is 1. The van der Waals surface area contributed by atoms with Crippen molar-refractivity contribution in [1.82, 2.24) is 10.2 Å². The predicted molar refractivity (Wildman–Crippen MR) is 96.5 cm³/mol. The first-order chi connectivity index (χ1) is 11.7. The van der Waals surface area contributed by atoms with Gasteiger partial charge in [0.05, 0.1) is 11.3 Å². The van der Waals surface area contributed by atoms with Crippen molar-refractivity contribution in [3.05, 3.63) is 53.6 Å². The van der Waals surface area contributed by atoms with E-state index in [9.17, 15) is 0 Å². The molecule has 2 aromatic heterocycles. The lowest BCUT2D eigenvalue weighted by Crippen LogP contribution is -1.81. The molecular weight excluding hydrogens is 344 g/mol. The highest BCUT2D eigenvalue weighted by molar-refractivity contribution is 7.98. The summed E-state index contributed by atoms with van der Waals surface area (Å²) in [6.45, 7) is 1.77. The van der Waals surface area contributed by atoms with E-state index in [1.807, 2.05) is 42.7 Å². The molecule has 0 N–H and O–H groups in total. The smallest absolute Gasteiger partial charge is 0.247 e. The van der Waals surface area contributed by atoms with Crippen LogP contribution in [0.3, 0.4) is 0 Å². The number of aryl methyl sites for hydroxylation is 1. The SMILES string of the molecule is CSc1ccc(-c2coc3ccc(-c4nnc(C)o4)cc23)cc1Cl. The number of halogens is 1. The maximum atomic E-state index is 6.34. The van der Waals surface area contributed by atoms with Gasteiger partial charge in [-0.1, -0.05) is 17.7 Å². The molecule has 6 heteroatoms. The molecule has 4 aromatic rings. The minimum Gasteiger partial charge on any atom is -0.464 e. The van der Waals surface area contributed by atoms with E-state index in [-0.39, 0.29) is 0 Å². The lowest BCUT2D eigenvalue weighted by atomic mass is 10.0. The minimum atomic E-state index is 0.498. The Morgan fingerprint density at radius 3 is 2.58 bits per heavy atom. The van der Waals surface area contributed by atoms with Gasteiger partial charge in [-0.3, -0.25) is 0 Å². The van der Waals surface area contributed by atoms with Gasteiger partial charge in [0, 0.05) is 28.3 Å². The van der Waals surface area contributed by atoms with Crippen LogP contribution in [0.5, 0.6) is 0 Å². The molecule has 0 fully saturated rings. The number of benzene rings is 2. The maximum absolute atomic E-state index is 6.34. The average Bonchev–Trinajstić information content (AvgIpc) is 3.20. The molecule has 2 heterocycles. The predicted octanol–water partition coefficient (Wildman–Crippen LogP) is 5.83. The lowest BCUT2D eigenvalue weighted by Gasteiger charge is -2.04. The molecule has 4 rings (SSSR count). The highest BCUT2D eigenvalue weighted by atomic mass is 35.5. The van der Waals surface area contributed by atoms with Crippen LogP contribution in [0.4, 0.5) is 0 Å². The molecule has 0 spiro atoms. The zero-order valence-electron chi connectivity index (χ0n) is 13.0. The number of fused-ring (bicyclic) bond motifs is 1. The van der Waals surface area contributed by atoms with Crippen LogP contribution in [-0.2, 0) is 0 Å². The summed E-state index contributed by atoms with van der Waals surface area (Å²) in [5, 5.41) is 9.67. The average molecular weight is 357 g/mol. The molecule has 0 bridgehead atoms. The zero-order valence-corrected chi connectivity index (χ0v) is 14.6. The van der Waals surface area contributed by atoms with E-state index in [1.54, 1.807) is 24.9 Å². The van der Waals surface area contributed by atoms with E-state index >= 15 is 0 Å². The van der Waals surface area contributed by atoms with Gasteiger partial charge in [-0.15, -0.1) is 22.0 Å². The van der Waals surface area contributed by atoms with Crippen LogP contribution in [0.1, 0.15) is 5.89 Å². The molecule has 0 radical (unpaired) electrons. The van der Waals surface area contributed by atoms with Crippen LogP contribution in [0.2, 0.25) is 5.02 Å². The normalized spacial score (nSPS) is 11.3. The number of rotatable bonds is 3. The van der Waals surface area contributed by atoms with Crippen LogP contribution in [-0.4, -0.2) is 16.5 Å². The number of nitrogens with zero attached hydrogens (tertiary/aromatic N) is 2. The van der Waals surface area contributed by atoms with Crippen molar-refractivity contribution in [3.63, 3.8) is 0 Å². The molecule has 120 valence electrons. The van der Waals surface area contributed by atoms with Gasteiger partial charge in [-0.2, -0.15) is 0 Å². The Kier molecular flexibility index (Phi) is 3.82. The summed E-state index contributed by atoms with van der Waals surface area (Å²) in [5.41, 5.74) is 3.65. The quantitative estimate of drug-likeness (QED) is 0.432. The monoisotopic (exact) mass is 356 g/mol. The summed E-state index contributed by atoms with van der Waals surface area (Å²) in [6.07, 6.45) is 3.75. The maximum Gasteiger partial charge on any atom is 0.247 e. The molecule has 24 heavy (non-hydrogen) atoms. The Hall–Kier alpha value is -2.24. The van der Waals surface area contributed by atoms with Crippen molar-refractivity contribution in [2.24, 2.45) is 0 Å². The van der Waals surface area contributed by atoms with Crippen LogP contribution < -0.4 is 0 Å². The van der Waals surface area contributed by atoms with Crippen LogP contribution in [0.25, 0.3) is 33.6 Å². The topological polar surface area (TPSA) is 52.1 Å². The van der Waals surface area contributed by atoms with Crippen molar-refractivity contribution < 1.29 is 8.83 Å². The second kappa shape index (κ2) is 6.00. The van der Waals surface area contributed by atoms with Crippen molar-refractivity contribution in [2.45, 2.75) is 11.8 Å². The summed E-state index contributed by atoms with van der Waals surface area (Å²) >= 11 is 7.97. The second-order valence-corrected chi connectivity index (χ2v) is 6.59. The number of furan rings is 1. The van der Waals surface area contributed by atoms with E-state index in [0.29, 0.717) is 11.8 Å². The zero-order chi connectivity index (χ0) is 16.7. The van der Waals surface area contributed by atoms with Gasteiger partial charge in [0.2, 0.25) is 11.8 Å². The molecular formula is C18H13ClN2O2S. The Labute approximate surface area is 147 Å². The Morgan fingerprint density at radius 2 is 1.88 bits per heavy atom. The highest BCUT2D eigenvalue weighted by Crippen LogP contribution is 2.36. The van der Waals surface area contributed by atoms with Crippen LogP contribution in [0.15, 0.2) is 56.4 Å². The summed E-state index contributed by atoms with van der Waals surface area (Å²) in [5.74, 6) is 1.04. The summed E-state index contributed by atoms with van der Waals surface area (Å²) < 4.78 is 11.2. The lowest BCUT2D eigenvalue weighted by molar-refractivity contribution is 0.533. The number of aromatic nitrogens is 2. The molecule has 0 amide bonds. The third-order valence-electron chi connectivity index (χ3n) is 3.81. The Bertz CT molecular complexity index is 1040. The van der Waals surface area contributed by atoms with Gasteiger partial charge >= 0.3 is 0 Å². The molecule has 0 saturated carbocycles. The molecule has 0 saturated heterocycles. The van der Waals surface area contributed by atoms with E-state index in [1.165, 1.54) is 0 Å². The fraction of sp³-hybridized carbons (Fsp3) is 0.111. The van der Waals surface area contributed by atoms with Crippen LogP contribution in [0, 0.1) is 6.92 Å². The van der Waals surface area contributed by atoms with Gasteiger partial charge < -0.3 is 8.83 Å². The fourth-order valence-electron chi connectivity index (χ4n) is 2.63. The van der Waals surface area contributed by atoms with Gasteiger partial charge in [0.15, 0.2) is 0 Å². The highest BCUT2D eigenvalue weighted by Gasteiger charge is 2.13. The molecule has 2 aromatic carbocycles. The Balaban J connectivity index is 1.85. The Morgan fingerprint density at radius 1 is 1.04 bits per heavy atom. The minimum absolute atomic E-state index is 0.498. The van der Waals surface area contributed by atoms with Gasteiger partial charge in [-0.05, 0) is 42.2 Å². The molecule has 0 unspecified atom stereocenters. The first-order valence-electron chi connectivity index (χ1n) is 7.31. The van der Waals surface area contributed by atoms with E-state index in [2.05, 4.69) is 10.2 Å². The van der Waals surface area contributed by atoms with Gasteiger partial charge in [0.25, 0.3) is 0 Å². The largest absolute Gasteiger partial charge is 0.464 e. The molecule has 0 aliphatic heterocycles. The van der Waals surface area contributed by atoms with Crippen molar-refractivity contribution in [3.8, 4) is 22.6 Å². The van der Waals surface area contributed by atoms with Gasteiger partial charge in [0.1, 0.15) is 5.58 Å². The number of hydrogen-bond acceptors (Lipinski definition) is 5. The standard InChI is InChI=1S/C18H13ClN2O2S/c1-10-20-21-18(23-10)12-3-5-16-13(7-12)14(9-22-16)11-4-6-17(24-2)15(19)8-11/h3-9H,1-2H3. The fourth-order valence-corrected chi connectivity index (χ4v) is 3.50. The first-order valence-corrected chi connectivity index (χ1v) is 8.91. The number of hydrogen-bond donors (Lipinski definition) is 0.